The van der Waals surface area contributed by atoms with Crippen molar-refractivity contribution in [2.75, 3.05) is 13.1 Å². The van der Waals surface area contributed by atoms with E-state index < -0.39 is 0 Å². The zero-order chi connectivity index (χ0) is 10.5. The lowest BCUT2D eigenvalue weighted by molar-refractivity contribution is 0.626. The molecule has 0 aromatic heterocycles. The van der Waals surface area contributed by atoms with Gasteiger partial charge in [0.25, 0.3) is 0 Å². The molecule has 0 unspecified atom stereocenters. The quantitative estimate of drug-likeness (QED) is 0.676. The summed E-state index contributed by atoms with van der Waals surface area (Å²) in [5.74, 6) is -0.227. The van der Waals surface area contributed by atoms with Crippen LogP contribution in [0, 0.1) is 5.82 Å². The third-order valence-corrected chi connectivity index (χ3v) is 2.37. The highest BCUT2D eigenvalue weighted by Crippen LogP contribution is 2.05. The van der Waals surface area contributed by atoms with Crippen molar-refractivity contribution < 1.29 is 4.39 Å². The standard InChI is InChI=1S/C12H13FN2/c13-12-6-2-1-4-10(12)8-14-9-11-5-3-7-15-11/h1-2,4,6,8H,3,5,7,9H2. The Morgan fingerprint density at radius 3 is 3.00 bits per heavy atom. The molecule has 78 valence electrons. The molecule has 1 heterocycles. The number of benzene rings is 1. The van der Waals surface area contributed by atoms with Gasteiger partial charge in [0.05, 0.1) is 6.54 Å². The van der Waals surface area contributed by atoms with Crippen molar-refractivity contribution in [3.63, 3.8) is 0 Å². The van der Waals surface area contributed by atoms with Gasteiger partial charge in [-0.15, -0.1) is 0 Å². The van der Waals surface area contributed by atoms with Crippen LogP contribution in [0.2, 0.25) is 0 Å². The highest BCUT2D eigenvalue weighted by Gasteiger charge is 2.04. The molecular formula is C12H13FN2. The smallest absolute Gasteiger partial charge is 0.131 e. The third kappa shape index (κ3) is 2.72. The van der Waals surface area contributed by atoms with Crippen molar-refractivity contribution in [2.24, 2.45) is 9.98 Å². The van der Waals surface area contributed by atoms with Gasteiger partial charge in [-0.05, 0) is 18.9 Å². The van der Waals surface area contributed by atoms with Crippen molar-refractivity contribution in [1.29, 1.82) is 0 Å². The maximum atomic E-state index is 13.2. The normalized spacial score (nSPS) is 15.9. The molecule has 0 atom stereocenters. The van der Waals surface area contributed by atoms with Gasteiger partial charge in [-0.1, -0.05) is 18.2 Å². The SMILES string of the molecule is Fc1ccccc1C=NCC1=NCCC1. The van der Waals surface area contributed by atoms with Gasteiger partial charge in [-0.3, -0.25) is 9.98 Å². The van der Waals surface area contributed by atoms with Crippen LogP contribution in [0.15, 0.2) is 34.3 Å². The largest absolute Gasteiger partial charge is 0.292 e. The molecule has 0 saturated carbocycles. The second-order valence-corrected chi connectivity index (χ2v) is 3.54. The van der Waals surface area contributed by atoms with Crippen LogP contribution in [-0.4, -0.2) is 25.0 Å². The molecule has 0 saturated heterocycles. The van der Waals surface area contributed by atoms with Gasteiger partial charge >= 0.3 is 0 Å². The van der Waals surface area contributed by atoms with E-state index in [2.05, 4.69) is 9.98 Å². The maximum absolute atomic E-state index is 13.2. The summed E-state index contributed by atoms with van der Waals surface area (Å²) in [6.45, 7) is 1.53. The molecule has 0 amide bonds. The molecule has 1 aliphatic heterocycles. The molecule has 3 heteroatoms. The fraction of sp³-hybridized carbons (Fsp3) is 0.333. The molecule has 1 aromatic rings. The predicted octanol–water partition coefficient (Wildman–Crippen LogP) is 2.48. The Morgan fingerprint density at radius 2 is 2.27 bits per heavy atom. The van der Waals surface area contributed by atoms with Gasteiger partial charge in [0.2, 0.25) is 0 Å². The lowest BCUT2D eigenvalue weighted by Crippen LogP contribution is -1.99. The van der Waals surface area contributed by atoms with Crippen LogP contribution in [-0.2, 0) is 0 Å². The van der Waals surface area contributed by atoms with Crippen LogP contribution in [0.1, 0.15) is 18.4 Å². The Hall–Kier alpha value is -1.51. The molecule has 0 radical (unpaired) electrons. The molecule has 1 aliphatic rings. The van der Waals surface area contributed by atoms with Crippen LogP contribution in [0.3, 0.4) is 0 Å². The molecule has 2 rings (SSSR count). The third-order valence-electron chi connectivity index (χ3n) is 2.37. The maximum Gasteiger partial charge on any atom is 0.131 e. The first kappa shape index (κ1) is 10.0. The molecule has 15 heavy (non-hydrogen) atoms. The van der Waals surface area contributed by atoms with Crippen molar-refractivity contribution in [2.45, 2.75) is 12.8 Å². The molecule has 0 N–H and O–H groups in total. The molecule has 0 aliphatic carbocycles. The first-order chi connectivity index (χ1) is 7.36. The lowest BCUT2D eigenvalue weighted by atomic mass is 10.2. The summed E-state index contributed by atoms with van der Waals surface area (Å²) in [7, 11) is 0. The highest BCUT2D eigenvalue weighted by molar-refractivity contribution is 5.90. The predicted molar refractivity (Wildman–Crippen MR) is 60.4 cm³/mol. The van der Waals surface area contributed by atoms with E-state index in [1.165, 1.54) is 6.07 Å². The molecule has 0 bridgehead atoms. The fourth-order valence-corrected chi connectivity index (χ4v) is 1.56. The van der Waals surface area contributed by atoms with Crippen LogP contribution in [0.25, 0.3) is 0 Å². The summed E-state index contributed by atoms with van der Waals surface area (Å²) in [6, 6.07) is 6.63. The summed E-state index contributed by atoms with van der Waals surface area (Å²) in [4.78, 5) is 8.49. The Morgan fingerprint density at radius 1 is 1.40 bits per heavy atom. The summed E-state index contributed by atoms with van der Waals surface area (Å²) < 4.78 is 13.2. The number of hydrogen-bond donors (Lipinski definition) is 0. The average molecular weight is 204 g/mol. The van der Waals surface area contributed by atoms with E-state index in [0.717, 1.165) is 25.1 Å². The molecule has 0 spiro atoms. The van der Waals surface area contributed by atoms with E-state index in [1.54, 1.807) is 24.4 Å². The zero-order valence-corrected chi connectivity index (χ0v) is 8.49. The van der Waals surface area contributed by atoms with Gasteiger partial charge in [0.15, 0.2) is 0 Å². The van der Waals surface area contributed by atoms with Crippen molar-refractivity contribution in [3.05, 3.63) is 35.6 Å². The first-order valence-corrected chi connectivity index (χ1v) is 5.13. The van der Waals surface area contributed by atoms with Gasteiger partial charge in [0.1, 0.15) is 5.82 Å². The van der Waals surface area contributed by atoms with E-state index in [0.29, 0.717) is 12.1 Å². The Kier molecular flexibility index (Phi) is 3.22. The van der Waals surface area contributed by atoms with E-state index in [9.17, 15) is 4.39 Å². The van der Waals surface area contributed by atoms with Crippen LogP contribution < -0.4 is 0 Å². The highest BCUT2D eigenvalue weighted by atomic mass is 19.1. The average Bonchev–Trinajstić information content (AvgIpc) is 2.74. The Labute approximate surface area is 88.6 Å². The minimum atomic E-state index is -0.227. The minimum Gasteiger partial charge on any atom is -0.292 e. The molecular weight excluding hydrogens is 191 g/mol. The summed E-state index contributed by atoms with van der Waals surface area (Å²) in [6.07, 6.45) is 3.75. The van der Waals surface area contributed by atoms with Gasteiger partial charge in [-0.25, -0.2) is 4.39 Å². The van der Waals surface area contributed by atoms with Gasteiger partial charge in [0, 0.05) is 24.0 Å². The number of hydrogen-bond acceptors (Lipinski definition) is 2. The second-order valence-electron chi connectivity index (χ2n) is 3.54. The number of aliphatic imine (C=N–C) groups is 2. The summed E-state index contributed by atoms with van der Waals surface area (Å²) in [5.41, 5.74) is 1.67. The van der Waals surface area contributed by atoms with Crippen LogP contribution >= 0.6 is 0 Å². The van der Waals surface area contributed by atoms with Crippen molar-refractivity contribution >= 4 is 11.9 Å². The number of rotatable bonds is 3. The minimum absolute atomic E-state index is 0.227. The zero-order valence-electron chi connectivity index (χ0n) is 8.49. The summed E-state index contributed by atoms with van der Waals surface area (Å²) >= 11 is 0. The second kappa shape index (κ2) is 4.82. The Balaban J connectivity index is 1.96. The number of halogens is 1. The van der Waals surface area contributed by atoms with E-state index in [1.807, 2.05) is 0 Å². The van der Waals surface area contributed by atoms with E-state index >= 15 is 0 Å². The van der Waals surface area contributed by atoms with Crippen LogP contribution in [0.5, 0.6) is 0 Å². The van der Waals surface area contributed by atoms with Crippen LogP contribution in [0.4, 0.5) is 4.39 Å². The van der Waals surface area contributed by atoms with Crippen molar-refractivity contribution in [3.8, 4) is 0 Å². The molecule has 1 aromatic carbocycles. The molecule has 0 fully saturated rings. The van der Waals surface area contributed by atoms with Crippen molar-refractivity contribution in [1.82, 2.24) is 0 Å². The fourth-order valence-electron chi connectivity index (χ4n) is 1.56. The first-order valence-electron chi connectivity index (χ1n) is 5.13. The van der Waals surface area contributed by atoms with E-state index in [4.69, 9.17) is 0 Å². The van der Waals surface area contributed by atoms with Gasteiger partial charge in [-0.2, -0.15) is 0 Å². The number of nitrogens with zero attached hydrogens (tertiary/aromatic N) is 2. The lowest BCUT2D eigenvalue weighted by Gasteiger charge is -1.95. The van der Waals surface area contributed by atoms with Gasteiger partial charge < -0.3 is 0 Å². The molecule has 2 nitrogen and oxygen atoms in total. The summed E-state index contributed by atoms with van der Waals surface area (Å²) in [5, 5.41) is 0. The van der Waals surface area contributed by atoms with E-state index in [-0.39, 0.29) is 5.82 Å². The Bertz CT molecular complexity index is 396. The monoisotopic (exact) mass is 204 g/mol. The topological polar surface area (TPSA) is 24.7 Å².